The minimum atomic E-state index is -3.35. The molecule has 108 valence electrons. The lowest BCUT2D eigenvalue weighted by atomic mass is 9.95. The maximum atomic E-state index is 12.6. The molecule has 4 nitrogen and oxygen atoms in total. The Morgan fingerprint density at radius 3 is 2.53 bits per heavy atom. The van der Waals surface area contributed by atoms with E-state index in [1.54, 1.807) is 13.1 Å². The van der Waals surface area contributed by atoms with Crippen LogP contribution in [-0.4, -0.2) is 38.9 Å². The molecule has 0 saturated carbocycles. The van der Waals surface area contributed by atoms with E-state index < -0.39 is 10.0 Å². The van der Waals surface area contributed by atoms with E-state index in [-0.39, 0.29) is 11.5 Å². The molecule has 1 atom stereocenters. The number of sulfonamides is 1. The Morgan fingerprint density at radius 1 is 1.37 bits per heavy atom. The van der Waals surface area contributed by atoms with Crippen LogP contribution in [-0.2, 0) is 15.4 Å². The van der Waals surface area contributed by atoms with Crippen molar-refractivity contribution in [2.45, 2.75) is 42.9 Å². The Balaban J connectivity index is 2.26. The molecule has 1 aliphatic rings. The lowest BCUT2D eigenvalue weighted by Gasteiger charge is -2.22. The van der Waals surface area contributed by atoms with E-state index in [1.807, 2.05) is 6.07 Å². The molecule has 1 fully saturated rings. The van der Waals surface area contributed by atoms with E-state index in [2.05, 4.69) is 26.1 Å². The summed E-state index contributed by atoms with van der Waals surface area (Å²) in [5.41, 5.74) is -0.00801. The van der Waals surface area contributed by atoms with Gasteiger partial charge in [-0.25, -0.2) is 8.42 Å². The van der Waals surface area contributed by atoms with Gasteiger partial charge in [0.15, 0.2) is 0 Å². The molecule has 1 aromatic rings. The van der Waals surface area contributed by atoms with E-state index in [4.69, 9.17) is 0 Å². The molecule has 0 amide bonds. The van der Waals surface area contributed by atoms with Crippen LogP contribution in [0.25, 0.3) is 0 Å². The third-order valence-electron chi connectivity index (χ3n) is 3.50. The molecule has 2 heterocycles. The average molecular weight is 302 g/mol. The van der Waals surface area contributed by atoms with Gasteiger partial charge in [-0.3, -0.25) is 0 Å². The molecule has 2 rings (SSSR count). The van der Waals surface area contributed by atoms with Gasteiger partial charge < -0.3 is 5.32 Å². The van der Waals surface area contributed by atoms with Gasteiger partial charge in [-0.1, -0.05) is 20.8 Å². The van der Waals surface area contributed by atoms with E-state index in [1.165, 1.54) is 15.6 Å². The summed E-state index contributed by atoms with van der Waals surface area (Å²) in [6, 6.07) is 3.74. The van der Waals surface area contributed by atoms with E-state index in [0.717, 1.165) is 24.4 Å². The van der Waals surface area contributed by atoms with Crippen molar-refractivity contribution < 1.29 is 8.42 Å². The summed E-state index contributed by atoms with van der Waals surface area (Å²) in [5.74, 6) is 0. The van der Waals surface area contributed by atoms with Gasteiger partial charge in [0.25, 0.3) is 10.0 Å². The molecule has 1 saturated heterocycles. The van der Waals surface area contributed by atoms with E-state index in [0.29, 0.717) is 4.21 Å². The number of nitrogens with zero attached hydrogens (tertiary/aromatic N) is 1. The second-order valence-electron chi connectivity index (χ2n) is 6.04. The van der Waals surface area contributed by atoms with Crippen molar-refractivity contribution in [1.82, 2.24) is 9.62 Å². The lowest BCUT2D eigenvalue weighted by Crippen LogP contribution is -2.37. The fraction of sp³-hybridized carbons (Fsp3) is 0.692. The van der Waals surface area contributed by atoms with Crippen LogP contribution in [0.1, 0.15) is 32.1 Å². The monoisotopic (exact) mass is 302 g/mol. The summed E-state index contributed by atoms with van der Waals surface area (Å²) >= 11 is 1.38. The van der Waals surface area contributed by atoms with Crippen molar-refractivity contribution >= 4 is 21.4 Å². The Hall–Kier alpha value is -0.430. The zero-order valence-electron chi connectivity index (χ0n) is 11.9. The SMILES string of the molecule is CN(C1CCNC1)S(=O)(=O)c1ccc(C(C)(C)C)s1. The highest BCUT2D eigenvalue weighted by atomic mass is 32.2. The van der Waals surface area contributed by atoms with Crippen LogP contribution in [0, 0.1) is 0 Å². The van der Waals surface area contributed by atoms with Crippen molar-refractivity contribution in [2.24, 2.45) is 0 Å². The quantitative estimate of drug-likeness (QED) is 0.929. The first-order chi connectivity index (χ1) is 8.73. The van der Waals surface area contributed by atoms with Crippen molar-refractivity contribution in [1.29, 1.82) is 0 Å². The van der Waals surface area contributed by atoms with Crippen LogP contribution in [0.4, 0.5) is 0 Å². The highest BCUT2D eigenvalue weighted by molar-refractivity contribution is 7.91. The molecule has 6 heteroatoms. The summed E-state index contributed by atoms with van der Waals surface area (Å²) in [7, 11) is -1.67. The van der Waals surface area contributed by atoms with Crippen molar-refractivity contribution in [3.8, 4) is 0 Å². The molecule has 0 aliphatic carbocycles. The highest BCUT2D eigenvalue weighted by Gasteiger charge is 2.31. The predicted molar refractivity (Wildman–Crippen MR) is 79.2 cm³/mol. The molecule has 0 spiro atoms. The lowest BCUT2D eigenvalue weighted by molar-refractivity contribution is 0.389. The van der Waals surface area contributed by atoms with Crippen LogP contribution in [0.3, 0.4) is 0 Å². The molecular formula is C13H22N2O2S2. The van der Waals surface area contributed by atoms with Gasteiger partial charge in [-0.15, -0.1) is 11.3 Å². The minimum absolute atomic E-state index is 0.00801. The largest absolute Gasteiger partial charge is 0.315 e. The average Bonchev–Trinajstić information content (AvgIpc) is 2.98. The van der Waals surface area contributed by atoms with Crippen molar-refractivity contribution in [3.05, 3.63) is 17.0 Å². The van der Waals surface area contributed by atoms with Crippen LogP contribution in [0.15, 0.2) is 16.3 Å². The van der Waals surface area contributed by atoms with Gasteiger partial charge in [0, 0.05) is 24.5 Å². The summed E-state index contributed by atoms with van der Waals surface area (Å²) in [5, 5.41) is 3.20. The second kappa shape index (κ2) is 5.16. The molecule has 1 unspecified atom stereocenters. The summed E-state index contributed by atoms with van der Waals surface area (Å²) < 4.78 is 27.1. The molecule has 0 radical (unpaired) electrons. The Kier molecular flexibility index (Phi) is 4.07. The highest BCUT2D eigenvalue weighted by Crippen LogP contribution is 2.33. The first-order valence-electron chi connectivity index (χ1n) is 6.52. The van der Waals surface area contributed by atoms with Crippen LogP contribution < -0.4 is 5.32 Å². The number of nitrogens with one attached hydrogen (secondary N) is 1. The Bertz CT molecular complexity index is 537. The van der Waals surface area contributed by atoms with Gasteiger partial charge in [0.1, 0.15) is 4.21 Å². The standard InChI is InChI=1S/C13H22N2O2S2/c1-13(2,3)11-5-6-12(18-11)19(16,17)15(4)10-7-8-14-9-10/h5-6,10,14H,7-9H2,1-4H3. The van der Waals surface area contributed by atoms with E-state index >= 15 is 0 Å². The molecule has 1 N–H and O–H groups in total. The third kappa shape index (κ3) is 3.02. The summed E-state index contributed by atoms with van der Waals surface area (Å²) in [6.07, 6.45) is 0.882. The maximum Gasteiger partial charge on any atom is 0.252 e. The molecule has 19 heavy (non-hydrogen) atoms. The smallest absolute Gasteiger partial charge is 0.252 e. The number of likely N-dealkylation sites (N-methyl/N-ethyl adjacent to an activating group) is 1. The van der Waals surface area contributed by atoms with Gasteiger partial charge in [-0.2, -0.15) is 4.31 Å². The number of hydrogen-bond acceptors (Lipinski definition) is 4. The Morgan fingerprint density at radius 2 is 2.05 bits per heavy atom. The van der Waals surface area contributed by atoms with Gasteiger partial charge in [0.05, 0.1) is 0 Å². The summed E-state index contributed by atoms with van der Waals surface area (Å²) in [6.45, 7) is 7.93. The van der Waals surface area contributed by atoms with Gasteiger partial charge in [-0.05, 0) is 30.5 Å². The first-order valence-corrected chi connectivity index (χ1v) is 8.77. The zero-order chi connectivity index (χ0) is 14.3. The third-order valence-corrected chi connectivity index (χ3v) is 7.39. The van der Waals surface area contributed by atoms with E-state index in [9.17, 15) is 8.42 Å². The minimum Gasteiger partial charge on any atom is -0.315 e. The topological polar surface area (TPSA) is 49.4 Å². The van der Waals surface area contributed by atoms with Gasteiger partial charge >= 0.3 is 0 Å². The summed E-state index contributed by atoms with van der Waals surface area (Å²) in [4.78, 5) is 1.10. The first kappa shape index (κ1) is 15.0. The molecule has 1 aliphatic heterocycles. The van der Waals surface area contributed by atoms with Crippen LogP contribution in [0.2, 0.25) is 0 Å². The maximum absolute atomic E-state index is 12.6. The van der Waals surface area contributed by atoms with Crippen molar-refractivity contribution in [3.63, 3.8) is 0 Å². The number of hydrogen-bond donors (Lipinski definition) is 1. The number of rotatable bonds is 3. The fourth-order valence-corrected chi connectivity index (χ4v) is 5.08. The molecule has 1 aromatic heterocycles. The molecule has 0 bridgehead atoms. The molecule has 0 aromatic carbocycles. The zero-order valence-corrected chi connectivity index (χ0v) is 13.6. The van der Waals surface area contributed by atoms with Crippen LogP contribution in [0.5, 0.6) is 0 Å². The second-order valence-corrected chi connectivity index (χ2v) is 9.34. The van der Waals surface area contributed by atoms with Crippen molar-refractivity contribution in [2.75, 3.05) is 20.1 Å². The fourth-order valence-electron chi connectivity index (χ4n) is 2.15. The number of thiophene rings is 1. The van der Waals surface area contributed by atoms with Crippen LogP contribution >= 0.6 is 11.3 Å². The molecular weight excluding hydrogens is 280 g/mol. The predicted octanol–water partition coefficient (Wildman–Crippen LogP) is 2.03. The normalized spacial score (nSPS) is 21.2. The Labute approximate surface area is 119 Å². The van der Waals surface area contributed by atoms with Gasteiger partial charge in [0.2, 0.25) is 0 Å².